The Morgan fingerprint density at radius 3 is 2.67 bits per heavy atom. The number of amides is 1. The number of rotatable bonds is 4. The fourth-order valence-electron chi connectivity index (χ4n) is 5.21. The fraction of sp³-hybridized carbons (Fsp3) is 0.179. The lowest BCUT2D eigenvalue weighted by Gasteiger charge is -2.35. The maximum atomic E-state index is 13.5. The highest BCUT2D eigenvalue weighted by Gasteiger charge is 2.25. The van der Waals surface area contributed by atoms with Crippen LogP contribution in [-0.2, 0) is 0 Å². The van der Waals surface area contributed by atoms with Crippen LogP contribution in [0, 0.1) is 5.82 Å². The summed E-state index contributed by atoms with van der Waals surface area (Å²) < 4.78 is 15.2. The summed E-state index contributed by atoms with van der Waals surface area (Å²) in [5.74, 6) is -0.837. The van der Waals surface area contributed by atoms with Crippen LogP contribution in [0.1, 0.15) is 29.2 Å². The molecule has 0 radical (unpaired) electrons. The maximum Gasteiger partial charge on any atom is 0.261 e. The van der Waals surface area contributed by atoms with E-state index in [1.807, 2.05) is 36.4 Å². The summed E-state index contributed by atoms with van der Waals surface area (Å²) in [7, 11) is 0. The molecule has 7 nitrogen and oxygen atoms in total. The summed E-state index contributed by atoms with van der Waals surface area (Å²) in [6.07, 6.45) is 3.42. The molecule has 8 heteroatoms. The van der Waals surface area contributed by atoms with Gasteiger partial charge in [-0.05, 0) is 73.0 Å². The third-order valence-corrected chi connectivity index (χ3v) is 7.01. The summed E-state index contributed by atoms with van der Waals surface area (Å²) >= 11 is 0. The van der Waals surface area contributed by atoms with Crippen LogP contribution >= 0.6 is 0 Å². The van der Waals surface area contributed by atoms with Gasteiger partial charge in [0.15, 0.2) is 0 Å². The number of benzene rings is 3. The molecule has 1 atom stereocenters. The van der Waals surface area contributed by atoms with Crippen LogP contribution in [-0.4, -0.2) is 33.5 Å². The smallest absolute Gasteiger partial charge is 0.261 e. The normalized spacial score (nSPS) is 16.0. The number of hydrogen-bond acceptors (Lipinski definition) is 4. The maximum absolute atomic E-state index is 13.5. The minimum absolute atomic E-state index is 0.0373. The second-order valence-corrected chi connectivity index (χ2v) is 9.19. The summed E-state index contributed by atoms with van der Waals surface area (Å²) in [6, 6.07) is 19.2. The number of nitrogens with zero attached hydrogens (tertiary/aromatic N) is 3. The molecule has 0 bridgehead atoms. The molecule has 3 heterocycles. The van der Waals surface area contributed by atoms with Crippen molar-refractivity contribution in [1.82, 2.24) is 14.5 Å². The Kier molecular flexibility index (Phi) is 5.29. The van der Waals surface area contributed by atoms with E-state index in [4.69, 9.17) is 5.73 Å². The van der Waals surface area contributed by atoms with Gasteiger partial charge in [-0.2, -0.15) is 0 Å². The van der Waals surface area contributed by atoms with Crippen molar-refractivity contribution in [3.8, 4) is 11.3 Å². The largest absolute Gasteiger partial charge is 0.369 e. The number of nitrogens with one attached hydrogen (secondary N) is 1. The van der Waals surface area contributed by atoms with Crippen LogP contribution < -0.4 is 16.2 Å². The zero-order valence-corrected chi connectivity index (χ0v) is 19.4. The monoisotopic (exact) mass is 481 g/mol. The molecule has 0 aliphatic carbocycles. The second kappa shape index (κ2) is 8.64. The highest BCUT2D eigenvalue weighted by Crippen LogP contribution is 2.36. The number of H-pyrrole nitrogens is 1. The molecule has 0 saturated carbocycles. The molecule has 1 amide bonds. The molecule has 36 heavy (non-hydrogen) atoms. The van der Waals surface area contributed by atoms with Crippen molar-refractivity contribution >= 4 is 33.4 Å². The van der Waals surface area contributed by atoms with Crippen LogP contribution in [0.2, 0.25) is 0 Å². The number of carbonyl (C=O) groups excluding carboxylic acids is 1. The zero-order valence-electron chi connectivity index (χ0n) is 19.4. The molecule has 6 rings (SSSR count). The number of hydrogen-bond donors (Lipinski definition) is 2. The quantitative estimate of drug-likeness (QED) is 0.391. The second-order valence-electron chi connectivity index (χ2n) is 9.19. The Balaban J connectivity index is 1.41. The minimum Gasteiger partial charge on any atom is -0.369 e. The molecule has 1 saturated heterocycles. The molecular formula is C28H24FN5O2. The van der Waals surface area contributed by atoms with E-state index in [-0.39, 0.29) is 17.4 Å². The van der Waals surface area contributed by atoms with E-state index >= 15 is 0 Å². The molecule has 3 aromatic carbocycles. The number of piperidine rings is 1. The number of halogens is 1. The Bertz CT molecular complexity index is 1670. The molecule has 0 spiro atoms. The van der Waals surface area contributed by atoms with Gasteiger partial charge in [-0.25, -0.2) is 9.37 Å². The number of aromatic nitrogens is 3. The predicted molar refractivity (Wildman–Crippen MR) is 139 cm³/mol. The van der Waals surface area contributed by atoms with Crippen molar-refractivity contribution in [1.29, 1.82) is 0 Å². The standard InChI is InChI=1S/C28H24FN5O2/c29-18-9-7-17(8-10-18)24-14-22-25(12-11-21(27(30)35)26(22)32-24)33-13-3-4-19(15-33)34-16-31-23-6-2-1-5-20(23)28(34)36/h1-2,5-12,14,16,19,32H,3-4,13,15H2,(H2,30,35). The highest BCUT2D eigenvalue weighted by atomic mass is 19.1. The lowest BCUT2D eigenvalue weighted by molar-refractivity contribution is 0.100. The fourth-order valence-corrected chi connectivity index (χ4v) is 5.21. The molecule has 1 aliphatic heterocycles. The lowest BCUT2D eigenvalue weighted by Crippen LogP contribution is -2.40. The van der Waals surface area contributed by atoms with Crippen molar-refractivity contribution < 1.29 is 9.18 Å². The van der Waals surface area contributed by atoms with Crippen molar-refractivity contribution in [2.45, 2.75) is 18.9 Å². The van der Waals surface area contributed by atoms with Gasteiger partial charge < -0.3 is 15.6 Å². The molecule has 3 N–H and O–H groups in total. The van der Waals surface area contributed by atoms with Crippen LogP contribution in [0.25, 0.3) is 33.1 Å². The molecular weight excluding hydrogens is 457 g/mol. The van der Waals surface area contributed by atoms with E-state index in [0.29, 0.717) is 28.5 Å². The molecule has 1 fully saturated rings. The number of primary amides is 1. The van der Waals surface area contributed by atoms with Crippen molar-refractivity contribution in [3.63, 3.8) is 0 Å². The average Bonchev–Trinajstić information content (AvgIpc) is 3.34. The van der Waals surface area contributed by atoms with Crippen LogP contribution in [0.15, 0.2) is 77.9 Å². The van der Waals surface area contributed by atoms with Gasteiger partial charge in [-0.15, -0.1) is 0 Å². The number of fused-ring (bicyclic) bond motifs is 2. The Labute approximate surface area is 206 Å². The first-order chi connectivity index (χ1) is 17.5. The van der Waals surface area contributed by atoms with Crippen LogP contribution in [0.3, 0.4) is 0 Å². The van der Waals surface area contributed by atoms with Gasteiger partial charge in [0.05, 0.1) is 34.4 Å². The summed E-state index contributed by atoms with van der Waals surface area (Å²) in [6.45, 7) is 1.44. The van der Waals surface area contributed by atoms with E-state index in [1.165, 1.54) is 12.1 Å². The first-order valence-corrected chi connectivity index (χ1v) is 11.9. The molecule has 1 unspecified atom stereocenters. The zero-order chi connectivity index (χ0) is 24.8. The van der Waals surface area contributed by atoms with E-state index in [9.17, 15) is 14.0 Å². The van der Waals surface area contributed by atoms with Crippen LogP contribution in [0.4, 0.5) is 10.1 Å². The van der Waals surface area contributed by atoms with Crippen molar-refractivity contribution in [2.75, 3.05) is 18.0 Å². The van der Waals surface area contributed by atoms with Crippen molar-refractivity contribution in [2.24, 2.45) is 5.73 Å². The SMILES string of the molecule is NC(=O)c1ccc(N2CCCC(n3cnc4ccccc4c3=O)C2)c2cc(-c3ccc(F)cc3)[nH]c12. The lowest BCUT2D eigenvalue weighted by atomic mass is 10.0. The number of nitrogens with two attached hydrogens (primary N) is 1. The molecule has 180 valence electrons. The van der Waals surface area contributed by atoms with E-state index in [1.54, 1.807) is 29.1 Å². The van der Waals surface area contributed by atoms with Crippen LogP contribution in [0.5, 0.6) is 0 Å². The van der Waals surface area contributed by atoms with Gasteiger partial charge in [0.25, 0.3) is 11.5 Å². The van der Waals surface area contributed by atoms with E-state index in [2.05, 4.69) is 14.9 Å². The number of anilines is 1. The van der Waals surface area contributed by atoms with Gasteiger partial charge in [0.2, 0.25) is 0 Å². The summed E-state index contributed by atoms with van der Waals surface area (Å²) in [5, 5.41) is 1.47. The average molecular weight is 482 g/mol. The third-order valence-electron chi connectivity index (χ3n) is 7.01. The van der Waals surface area contributed by atoms with E-state index in [0.717, 1.165) is 41.7 Å². The number of carbonyl (C=O) groups is 1. The molecule has 5 aromatic rings. The van der Waals surface area contributed by atoms with Gasteiger partial charge in [-0.3, -0.25) is 14.2 Å². The van der Waals surface area contributed by atoms with Gasteiger partial charge in [0, 0.05) is 29.9 Å². The molecule has 2 aromatic heterocycles. The summed E-state index contributed by atoms with van der Waals surface area (Å²) in [5.41, 5.74) is 9.88. The van der Waals surface area contributed by atoms with E-state index < -0.39 is 5.91 Å². The first kappa shape index (κ1) is 22.0. The Hall–Kier alpha value is -4.46. The number of aromatic amines is 1. The first-order valence-electron chi connectivity index (χ1n) is 11.9. The minimum atomic E-state index is -0.524. The van der Waals surface area contributed by atoms with Gasteiger partial charge >= 0.3 is 0 Å². The highest BCUT2D eigenvalue weighted by molar-refractivity contribution is 6.10. The Morgan fingerprint density at radius 1 is 1.06 bits per heavy atom. The van der Waals surface area contributed by atoms with Crippen molar-refractivity contribution in [3.05, 3.63) is 94.8 Å². The number of para-hydroxylation sites is 1. The molecule has 1 aliphatic rings. The van der Waals surface area contributed by atoms with Gasteiger partial charge in [0.1, 0.15) is 5.82 Å². The Morgan fingerprint density at radius 2 is 1.86 bits per heavy atom. The predicted octanol–water partition coefficient (Wildman–Crippen LogP) is 4.62. The third kappa shape index (κ3) is 3.71. The van der Waals surface area contributed by atoms with Gasteiger partial charge in [-0.1, -0.05) is 12.1 Å². The topological polar surface area (TPSA) is 97.0 Å². The summed E-state index contributed by atoms with van der Waals surface area (Å²) in [4.78, 5) is 35.4.